The van der Waals surface area contributed by atoms with Crippen LogP contribution in [-0.4, -0.2) is 82.6 Å². The summed E-state index contributed by atoms with van der Waals surface area (Å²) in [6.07, 6.45) is 3.63. The fourth-order valence-corrected chi connectivity index (χ4v) is 3.72. The van der Waals surface area contributed by atoms with Gasteiger partial charge in [-0.1, -0.05) is 6.07 Å². The van der Waals surface area contributed by atoms with Gasteiger partial charge in [-0.05, 0) is 26.5 Å². The van der Waals surface area contributed by atoms with E-state index in [0.717, 1.165) is 37.6 Å². The van der Waals surface area contributed by atoms with Crippen LogP contribution < -0.4 is 15.5 Å². The second-order valence-electron chi connectivity index (χ2n) is 7.17. The quantitative estimate of drug-likeness (QED) is 0.312. The Morgan fingerprint density at radius 3 is 2.61 bits per heavy atom. The van der Waals surface area contributed by atoms with Gasteiger partial charge in [0.25, 0.3) is 0 Å². The summed E-state index contributed by atoms with van der Waals surface area (Å²) in [5.41, 5.74) is 1.12. The summed E-state index contributed by atoms with van der Waals surface area (Å²) in [5, 5.41) is 6.56. The number of guanidine groups is 1. The highest BCUT2D eigenvalue weighted by atomic mass is 127. The second-order valence-corrected chi connectivity index (χ2v) is 9.43. The van der Waals surface area contributed by atoms with Gasteiger partial charge in [-0.3, -0.25) is 4.99 Å². The number of halogens is 1. The number of sulfone groups is 1. The number of piperazine rings is 1. The van der Waals surface area contributed by atoms with Gasteiger partial charge in [0.1, 0.15) is 15.7 Å². The van der Waals surface area contributed by atoms with Gasteiger partial charge >= 0.3 is 0 Å². The molecule has 0 radical (unpaired) electrons. The zero-order valence-electron chi connectivity index (χ0n) is 17.2. The first-order valence-electron chi connectivity index (χ1n) is 9.31. The molecule has 160 valence electrons. The molecule has 28 heavy (non-hydrogen) atoms. The lowest BCUT2D eigenvalue weighted by molar-refractivity contribution is 0.312. The third-order valence-electron chi connectivity index (χ3n) is 4.64. The predicted octanol–water partition coefficient (Wildman–Crippen LogP) is 0.940. The topological polar surface area (TPSA) is 89.9 Å². The minimum Gasteiger partial charge on any atom is -0.354 e. The first-order chi connectivity index (χ1) is 12.8. The smallest absolute Gasteiger partial charge is 0.191 e. The van der Waals surface area contributed by atoms with Crippen molar-refractivity contribution in [2.45, 2.75) is 25.9 Å². The van der Waals surface area contributed by atoms with Gasteiger partial charge in [0.15, 0.2) is 5.96 Å². The van der Waals surface area contributed by atoms with Gasteiger partial charge in [-0.2, -0.15) is 0 Å². The number of pyridine rings is 1. The molecule has 0 aromatic carbocycles. The van der Waals surface area contributed by atoms with Crippen molar-refractivity contribution in [1.82, 2.24) is 20.5 Å². The molecule has 0 aliphatic carbocycles. The Hall–Kier alpha value is -1.14. The molecule has 1 aromatic rings. The van der Waals surface area contributed by atoms with E-state index in [4.69, 9.17) is 0 Å². The Labute approximate surface area is 186 Å². The van der Waals surface area contributed by atoms with E-state index in [1.807, 2.05) is 19.2 Å². The van der Waals surface area contributed by atoms with E-state index in [0.29, 0.717) is 18.9 Å². The average Bonchev–Trinajstić information content (AvgIpc) is 2.64. The Morgan fingerprint density at radius 2 is 2.00 bits per heavy atom. The van der Waals surface area contributed by atoms with Gasteiger partial charge in [-0.15, -0.1) is 24.0 Å². The lowest BCUT2D eigenvalue weighted by atomic mass is 10.2. The summed E-state index contributed by atoms with van der Waals surface area (Å²) in [6, 6.07) is 4.03. The Balaban J connectivity index is 0.00000392. The zero-order valence-corrected chi connectivity index (χ0v) is 20.3. The first kappa shape index (κ1) is 24.9. The van der Waals surface area contributed by atoms with Crippen LogP contribution in [0.5, 0.6) is 0 Å². The molecule has 1 fully saturated rings. The molecule has 0 amide bonds. The third-order valence-corrected chi connectivity index (χ3v) is 5.62. The van der Waals surface area contributed by atoms with Crippen LogP contribution in [0.2, 0.25) is 0 Å². The number of hydrogen-bond donors (Lipinski definition) is 2. The molecule has 8 nitrogen and oxygen atoms in total. The van der Waals surface area contributed by atoms with Crippen LogP contribution in [0.15, 0.2) is 23.3 Å². The Morgan fingerprint density at radius 1 is 1.32 bits per heavy atom. The Bertz CT molecular complexity index is 735. The highest BCUT2D eigenvalue weighted by molar-refractivity contribution is 14.0. The van der Waals surface area contributed by atoms with Crippen molar-refractivity contribution < 1.29 is 8.42 Å². The summed E-state index contributed by atoms with van der Waals surface area (Å²) in [7, 11) is 0.893. The van der Waals surface area contributed by atoms with E-state index in [1.165, 1.54) is 6.26 Å². The number of likely N-dealkylation sites (N-methyl/N-ethyl adjacent to an activating group) is 1. The van der Waals surface area contributed by atoms with E-state index in [1.54, 1.807) is 7.05 Å². The summed E-state index contributed by atoms with van der Waals surface area (Å²) in [6.45, 7) is 6.56. The molecular formula is C18H33IN6O2S. The number of nitrogens with zero attached hydrogens (tertiary/aromatic N) is 4. The molecule has 1 saturated heterocycles. The molecule has 1 atom stereocenters. The fraction of sp³-hybridized carbons (Fsp3) is 0.667. The normalized spacial score (nSPS) is 17.0. The van der Waals surface area contributed by atoms with Crippen molar-refractivity contribution in [3.63, 3.8) is 0 Å². The molecule has 0 saturated carbocycles. The average molecular weight is 524 g/mol. The molecule has 2 rings (SSSR count). The van der Waals surface area contributed by atoms with Crippen LogP contribution in [0.1, 0.15) is 18.9 Å². The number of aliphatic imine (C=N–C) groups is 1. The highest BCUT2D eigenvalue weighted by Gasteiger charge is 2.18. The number of rotatable bonds is 7. The fourth-order valence-electron chi connectivity index (χ4n) is 2.94. The Kier molecular flexibility index (Phi) is 10.5. The van der Waals surface area contributed by atoms with E-state index in [2.05, 4.69) is 43.5 Å². The minimum atomic E-state index is -2.96. The maximum atomic E-state index is 11.3. The van der Waals surface area contributed by atoms with Crippen molar-refractivity contribution in [1.29, 1.82) is 0 Å². The lowest BCUT2D eigenvalue weighted by Gasteiger charge is -2.34. The van der Waals surface area contributed by atoms with Crippen molar-refractivity contribution >= 4 is 45.6 Å². The molecule has 0 spiro atoms. The molecule has 1 aliphatic heterocycles. The molecule has 1 aromatic heterocycles. The summed E-state index contributed by atoms with van der Waals surface area (Å²) >= 11 is 0. The van der Waals surface area contributed by atoms with Gasteiger partial charge in [-0.25, -0.2) is 13.4 Å². The zero-order chi connectivity index (χ0) is 19.9. The molecular weight excluding hydrogens is 491 g/mol. The van der Waals surface area contributed by atoms with E-state index < -0.39 is 9.84 Å². The number of hydrogen-bond acceptors (Lipinski definition) is 6. The number of nitrogens with one attached hydrogen (secondary N) is 2. The van der Waals surface area contributed by atoms with Crippen molar-refractivity contribution in [2.75, 3.05) is 57.2 Å². The minimum absolute atomic E-state index is 0. The molecule has 2 N–H and O–H groups in total. The highest BCUT2D eigenvalue weighted by Crippen LogP contribution is 2.18. The second kappa shape index (κ2) is 11.8. The van der Waals surface area contributed by atoms with Gasteiger partial charge in [0, 0.05) is 63.8 Å². The van der Waals surface area contributed by atoms with Crippen LogP contribution in [-0.2, 0) is 16.4 Å². The van der Waals surface area contributed by atoms with E-state index >= 15 is 0 Å². The van der Waals surface area contributed by atoms with E-state index in [-0.39, 0.29) is 35.8 Å². The van der Waals surface area contributed by atoms with Gasteiger partial charge in [0.2, 0.25) is 0 Å². The molecule has 1 aliphatic rings. The van der Waals surface area contributed by atoms with Crippen molar-refractivity contribution in [3.8, 4) is 0 Å². The number of anilines is 1. The van der Waals surface area contributed by atoms with Gasteiger partial charge < -0.3 is 20.4 Å². The van der Waals surface area contributed by atoms with Crippen LogP contribution in [0.25, 0.3) is 0 Å². The monoisotopic (exact) mass is 524 g/mol. The summed E-state index contributed by atoms with van der Waals surface area (Å²) < 4.78 is 22.6. The van der Waals surface area contributed by atoms with Crippen LogP contribution >= 0.6 is 24.0 Å². The molecule has 0 bridgehead atoms. The maximum absolute atomic E-state index is 11.3. The molecule has 1 unspecified atom stereocenters. The van der Waals surface area contributed by atoms with Crippen LogP contribution in [0.3, 0.4) is 0 Å². The van der Waals surface area contributed by atoms with Crippen LogP contribution in [0, 0.1) is 0 Å². The number of aromatic nitrogens is 1. The molecule has 2 heterocycles. The lowest BCUT2D eigenvalue weighted by Crippen LogP contribution is -2.45. The SMILES string of the molecule is CN=C(NCc1cccnc1N1CCN(C)CC1)NC(C)CCS(C)(=O)=O.I. The standard InChI is InChI=1S/C18H32N6O2S.HI/c1-15(7-13-27(4,25)26)22-18(19-2)21-14-16-6-5-8-20-17(16)24-11-9-23(3)10-12-24;/h5-6,8,15H,7,9-14H2,1-4H3,(H2,19,21,22);1H. The van der Waals surface area contributed by atoms with Crippen molar-refractivity contribution in [3.05, 3.63) is 23.9 Å². The summed E-state index contributed by atoms with van der Waals surface area (Å²) in [5.74, 6) is 1.83. The molecule has 10 heteroatoms. The van der Waals surface area contributed by atoms with E-state index in [9.17, 15) is 8.42 Å². The van der Waals surface area contributed by atoms with Crippen LogP contribution in [0.4, 0.5) is 5.82 Å². The first-order valence-corrected chi connectivity index (χ1v) is 11.4. The predicted molar refractivity (Wildman–Crippen MR) is 126 cm³/mol. The summed E-state index contributed by atoms with van der Waals surface area (Å²) in [4.78, 5) is 13.5. The third kappa shape index (κ3) is 8.48. The van der Waals surface area contributed by atoms with Gasteiger partial charge in [0.05, 0.1) is 5.75 Å². The maximum Gasteiger partial charge on any atom is 0.191 e. The largest absolute Gasteiger partial charge is 0.354 e. The van der Waals surface area contributed by atoms with Crippen molar-refractivity contribution in [2.24, 2.45) is 4.99 Å².